The third kappa shape index (κ3) is 1.78. The van der Waals surface area contributed by atoms with Crippen LogP contribution in [0.3, 0.4) is 0 Å². The maximum atomic E-state index is 4.40. The van der Waals surface area contributed by atoms with Crippen LogP contribution < -0.4 is 0 Å². The Morgan fingerprint density at radius 3 is 2.79 bits per heavy atom. The van der Waals surface area contributed by atoms with Gasteiger partial charge in [0.15, 0.2) is 0 Å². The summed E-state index contributed by atoms with van der Waals surface area (Å²) in [5.74, 6) is 0. The highest BCUT2D eigenvalue weighted by Gasteiger charge is 2.06. The van der Waals surface area contributed by atoms with E-state index in [0.717, 1.165) is 11.3 Å². The van der Waals surface area contributed by atoms with Crippen LogP contribution in [0, 0.1) is 0 Å². The SMILES string of the molecule is CCCc1ccc2cccc(S)cc1-2. The molecule has 0 heterocycles. The molecule has 0 radical (unpaired) electrons. The molecule has 0 atom stereocenters. The number of fused-ring (bicyclic) bond motifs is 1. The fraction of sp³-hybridized carbons (Fsp3) is 0.231. The molecule has 0 unspecified atom stereocenters. The zero-order valence-electron chi connectivity index (χ0n) is 8.33. The number of hydrogen-bond donors (Lipinski definition) is 1. The highest BCUT2D eigenvalue weighted by Crippen LogP contribution is 2.29. The molecule has 0 saturated carbocycles. The maximum absolute atomic E-state index is 4.40. The van der Waals surface area contributed by atoms with E-state index >= 15 is 0 Å². The van der Waals surface area contributed by atoms with Crippen LogP contribution in [0.25, 0.3) is 11.1 Å². The van der Waals surface area contributed by atoms with Crippen molar-refractivity contribution in [1.29, 1.82) is 0 Å². The van der Waals surface area contributed by atoms with Crippen LogP contribution >= 0.6 is 12.6 Å². The molecule has 2 aliphatic carbocycles. The Kier molecular flexibility index (Phi) is 2.78. The average Bonchev–Trinajstić information content (AvgIpc) is 2.44. The van der Waals surface area contributed by atoms with Gasteiger partial charge in [0.05, 0.1) is 0 Å². The zero-order valence-corrected chi connectivity index (χ0v) is 9.22. The standard InChI is InChI=1S/C13H14S/c1-2-4-10-7-8-11-5-3-6-12(14)9-13(10)11/h3,5-9,14H,2,4H2,1H3. The summed E-state index contributed by atoms with van der Waals surface area (Å²) in [7, 11) is 0. The van der Waals surface area contributed by atoms with Crippen molar-refractivity contribution < 1.29 is 0 Å². The first-order valence-electron chi connectivity index (χ1n) is 5.02. The van der Waals surface area contributed by atoms with Gasteiger partial charge in [0, 0.05) is 4.90 Å². The lowest BCUT2D eigenvalue weighted by molar-refractivity contribution is 0.927. The second-order valence-corrected chi connectivity index (χ2v) is 4.09. The van der Waals surface area contributed by atoms with Gasteiger partial charge in [-0.25, -0.2) is 0 Å². The van der Waals surface area contributed by atoms with Crippen LogP contribution in [0.5, 0.6) is 0 Å². The number of aryl methyl sites for hydroxylation is 1. The molecule has 1 heteroatoms. The molecule has 72 valence electrons. The summed E-state index contributed by atoms with van der Waals surface area (Å²) in [4.78, 5) is 1.03. The smallest absolute Gasteiger partial charge is 0.00462 e. The van der Waals surface area contributed by atoms with Gasteiger partial charge in [-0.15, -0.1) is 12.6 Å². The highest BCUT2D eigenvalue weighted by molar-refractivity contribution is 7.80. The second kappa shape index (κ2) is 4.05. The Hall–Kier alpha value is -0.950. The van der Waals surface area contributed by atoms with E-state index in [0.29, 0.717) is 0 Å². The van der Waals surface area contributed by atoms with Crippen molar-refractivity contribution in [3.8, 4) is 11.1 Å². The van der Waals surface area contributed by atoms with E-state index in [1.54, 1.807) is 0 Å². The van der Waals surface area contributed by atoms with E-state index in [1.807, 2.05) is 6.07 Å². The minimum atomic E-state index is 1.03. The summed E-state index contributed by atoms with van der Waals surface area (Å²) >= 11 is 4.40. The Balaban J connectivity index is 2.54. The number of hydrogen-bond acceptors (Lipinski definition) is 1. The molecule has 14 heavy (non-hydrogen) atoms. The lowest BCUT2D eigenvalue weighted by Crippen LogP contribution is -1.80. The maximum Gasteiger partial charge on any atom is 0.00462 e. The monoisotopic (exact) mass is 202 g/mol. The normalized spacial score (nSPS) is 10.7. The average molecular weight is 202 g/mol. The van der Waals surface area contributed by atoms with Gasteiger partial charge in [-0.05, 0) is 35.2 Å². The Morgan fingerprint density at radius 2 is 2.00 bits per heavy atom. The first-order chi connectivity index (χ1) is 6.81. The van der Waals surface area contributed by atoms with E-state index in [2.05, 4.69) is 49.9 Å². The molecular formula is C13H14S. The summed E-state index contributed by atoms with van der Waals surface area (Å²) in [6.07, 6.45) is 2.35. The number of rotatable bonds is 2. The van der Waals surface area contributed by atoms with Crippen molar-refractivity contribution in [2.75, 3.05) is 0 Å². The predicted molar refractivity (Wildman–Crippen MR) is 64.3 cm³/mol. The first-order valence-corrected chi connectivity index (χ1v) is 5.46. The van der Waals surface area contributed by atoms with E-state index in [4.69, 9.17) is 0 Å². The quantitative estimate of drug-likeness (QED) is 0.698. The topological polar surface area (TPSA) is 0 Å². The van der Waals surface area contributed by atoms with Crippen LogP contribution in [-0.4, -0.2) is 0 Å². The summed E-state index contributed by atoms with van der Waals surface area (Å²) in [5.41, 5.74) is 4.10. The summed E-state index contributed by atoms with van der Waals surface area (Å²) in [6.45, 7) is 2.21. The van der Waals surface area contributed by atoms with Gasteiger partial charge in [0.2, 0.25) is 0 Å². The van der Waals surface area contributed by atoms with Gasteiger partial charge in [-0.2, -0.15) is 0 Å². The Morgan fingerprint density at radius 1 is 1.14 bits per heavy atom. The fourth-order valence-electron chi connectivity index (χ4n) is 1.81. The van der Waals surface area contributed by atoms with Crippen molar-refractivity contribution in [3.05, 3.63) is 42.0 Å². The van der Waals surface area contributed by atoms with Crippen LogP contribution in [0.2, 0.25) is 0 Å². The molecule has 0 nitrogen and oxygen atoms in total. The molecule has 0 amide bonds. The fourth-order valence-corrected chi connectivity index (χ4v) is 2.03. The van der Waals surface area contributed by atoms with Crippen molar-refractivity contribution in [2.24, 2.45) is 0 Å². The lowest BCUT2D eigenvalue weighted by Gasteiger charge is -1.99. The van der Waals surface area contributed by atoms with Crippen molar-refractivity contribution in [3.63, 3.8) is 0 Å². The minimum absolute atomic E-state index is 1.03. The molecule has 0 aliphatic heterocycles. The van der Waals surface area contributed by atoms with Crippen molar-refractivity contribution >= 4 is 12.6 Å². The van der Waals surface area contributed by atoms with Gasteiger partial charge in [0.1, 0.15) is 0 Å². The van der Waals surface area contributed by atoms with Crippen LogP contribution in [-0.2, 0) is 6.42 Å². The van der Waals surface area contributed by atoms with E-state index < -0.39 is 0 Å². The van der Waals surface area contributed by atoms with Gasteiger partial charge in [0.25, 0.3) is 0 Å². The molecule has 0 spiro atoms. The molecular weight excluding hydrogens is 188 g/mol. The molecule has 2 rings (SSSR count). The third-order valence-corrected chi connectivity index (χ3v) is 2.75. The molecule has 0 aromatic carbocycles. The predicted octanol–water partition coefficient (Wildman–Crippen LogP) is 4.03. The summed E-state index contributed by atoms with van der Waals surface area (Å²) < 4.78 is 0. The molecule has 2 aliphatic rings. The van der Waals surface area contributed by atoms with Crippen LogP contribution in [0.1, 0.15) is 18.9 Å². The van der Waals surface area contributed by atoms with Gasteiger partial charge >= 0.3 is 0 Å². The second-order valence-electron chi connectivity index (χ2n) is 3.57. The molecule has 0 bridgehead atoms. The molecule has 0 aromatic heterocycles. The van der Waals surface area contributed by atoms with E-state index in [-0.39, 0.29) is 0 Å². The first kappa shape index (κ1) is 9.60. The lowest BCUT2D eigenvalue weighted by atomic mass is 10.1. The van der Waals surface area contributed by atoms with Crippen molar-refractivity contribution in [2.45, 2.75) is 24.7 Å². The van der Waals surface area contributed by atoms with E-state index in [1.165, 1.54) is 23.1 Å². The van der Waals surface area contributed by atoms with Crippen LogP contribution in [0.15, 0.2) is 41.3 Å². The summed E-state index contributed by atoms with van der Waals surface area (Å²) in [5, 5.41) is 0. The number of thiol groups is 1. The van der Waals surface area contributed by atoms with Gasteiger partial charge in [-0.3, -0.25) is 0 Å². The highest BCUT2D eigenvalue weighted by atomic mass is 32.1. The Bertz CT molecular complexity index is 406. The molecule has 0 aromatic rings. The third-order valence-electron chi connectivity index (χ3n) is 2.48. The largest absolute Gasteiger partial charge is 0.143 e. The summed E-state index contributed by atoms with van der Waals surface area (Å²) in [6, 6.07) is 12.8. The van der Waals surface area contributed by atoms with Gasteiger partial charge in [-0.1, -0.05) is 37.6 Å². The molecule has 0 N–H and O–H groups in total. The van der Waals surface area contributed by atoms with Gasteiger partial charge < -0.3 is 0 Å². The van der Waals surface area contributed by atoms with Crippen molar-refractivity contribution in [1.82, 2.24) is 0 Å². The van der Waals surface area contributed by atoms with E-state index in [9.17, 15) is 0 Å². The van der Waals surface area contributed by atoms with Crippen LogP contribution in [0.4, 0.5) is 0 Å². The molecule has 0 fully saturated rings. The molecule has 0 saturated heterocycles. The minimum Gasteiger partial charge on any atom is -0.143 e. The Labute approximate surface area is 90.7 Å². The zero-order chi connectivity index (χ0) is 9.97.